The van der Waals surface area contributed by atoms with E-state index in [1.165, 1.54) is 0 Å². The molecule has 36 heavy (non-hydrogen) atoms. The van der Waals surface area contributed by atoms with E-state index >= 15 is 0 Å². The van der Waals surface area contributed by atoms with Crippen molar-refractivity contribution in [3.8, 4) is 5.75 Å². The van der Waals surface area contributed by atoms with Gasteiger partial charge < -0.3 is 15.4 Å². The molecular formula is C30H27N3O3. The van der Waals surface area contributed by atoms with Crippen molar-refractivity contribution in [2.75, 3.05) is 22.1 Å². The molecule has 0 aromatic heterocycles. The zero-order chi connectivity index (χ0) is 25.1. The van der Waals surface area contributed by atoms with Gasteiger partial charge in [-0.1, -0.05) is 60.7 Å². The number of fused-ring (bicyclic) bond motifs is 1. The highest BCUT2D eigenvalue weighted by atomic mass is 16.5. The molecule has 1 atom stereocenters. The summed E-state index contributed by atoms with van der Waals surface area (Å²) in [7, 11) is 0. The number of para-hydroxylation sites is 3. The van der Waals surface area contributed by atoms with Gasteiger partial charge in [-0.15, -0.1) is 0 Å². The fourth-order valence-electron chi connectivity index (χ4n) is 4.45. The Morgan fingerprint density at radius 3 is 2.36 bits per heavy atom. The van der Waals surface area contributed by atoms with Crippen LogP contribution in [0.15, 0.2) is 97.1 Å². The summed E-state index contributed by atoms with van der Waals surface area (Å²) in [5.74, 6) is 0.230. The number of nitrogens with one attached hydrogen (secondary N) is 2. The molecule has 0 spiro atoms. The summed E-state index contributed by atoms with van der Waals surface area (Å²) in [6.07, 6.45) is -0.443. The number of benzene rings is 4. The topological polar surface area (TPSA) is 70.7 Å². The molecule has 0 radical (unpaired) electrons. The van der Waals surface area contributed by atoms with E-state index in [1.807, 2.05) is 105 Å². The van der Waals surface area contributed by atoms with Crippen LogP contribution in [0.3, 0.4) is 0 Å². The SMILES string of the molecule is Cc1cccc(C)c1NC(=O)COc1cccc([C@@H]2Nc3ccccc3C(=O)N2c2ccccc2)c1. The van der Waals surface area contributed by atoms with Crippen LogP contribution in [0.25, 0.3) is 0 Å². The van der Waals surface area contributed by atoms with E-state index in [2.05, 4.69) is 10.6 Å². The largest absolute Gasteiger partial charge is 0.484 e. The number of anilines is 3. The second-order valence-corrected chi connectivity index (χ2v) is 8.78. The van der Waals surface area contributed by atoms with Gasteiger partial charge in [0.25, 0.3) is 11.8 Å². The third kappa shape index (κ3) is 4.66. The lowest BCUT2D eigenvalue weighted by Gasteiger charge is -2.38. The minimum Gasteiger partial charge on any atom is -0.484 e. The summed E-state index contributed by atoms with van der Waals surface area (Å²) in [5.41, 5.74) is 5.83. The maximum atomic E-state index is 13.5. The average molecular weight is 478 g/mol. The van der Waals surface area contributed by atoms with E-state index in [9.17, 15) is 9.59 Å². The maximum absolute atomic E-state index is 13.5. The van der Waals surface area contributed by atoms with Crippen LogP contribution in [0.5, 0.6) is 5.75 Å². The van der Waals surface area contributed by atoms with Crippen LogP contribution in [0, 0.1) is 13.8 Å². The van der Waals surface area contributed by atoms with Crippen LogP contribution in [0.4, 0.5) is 17.1 Å². The van der Waals surface area contributed by atoms with Crippen LogP contribution >= 0.6 is 0 Å². The van der Waals surface area contributed by atoms with Gasteiger partial charge >= 0.3 is 0 Å². The second kappa shape index (κ2) is 9.96. The van der Waals surface area contributed by atoms with E-state index in [-0.39, 0.29) is 18.4 Å². The van der Waals surface area contributed by atoms with Gasteiger partial charge in [0.2, 0.25) is 0 Å². The van der Waals surface area contributed by atoms with Gasteiger partial charge in [0.15, 0.2) is 6.61 Å². The molecule has 0 saturated heterocycles. The van der Waals surface area contributed by atoms with Crippen molar-refractivity contribution in [2.24, 2.45) is 0 Å². The van der Waals surface area contributed by atoms with Crippen LogP contribution in [-0.2, 0) is 4.79 Å². The Kier molecular flexibility index (Phi) is 6.41. The van der Waals surface area contributed by atoms with Crippen molar-refractivity contribution in [2.45, 2.75) is 20.0 Å². The lowest BCUT2D eigenvalue weighted by Crippen LogP contribution is -2.43. The fourth-order valence-corrected chi connectivity index (χ4v) is 4.45. The first-order chi connectivity index (χ1) is 17.5. The molecule has 1 aliphatic heterocycles. The molecule has 4 aromatic carbocycles. The Morgan fingerprint density at radius 2 is 1.58 bits per heavy atom. The average Bonchev–Trinajstić information content (AvgIpc) is 2.90. The first-order valence-electron chi connectivity index (χ1n) is 11.8. The van der Waals surface area contributed by atoms with Crippen molar-refractivity contribution >= 4 is 28.9 Å². The van der Waals surface area contributed by atoms with Gasteiger partial charge in [-0.05, 0) is 66.9 Å². The van der Waals surface area contributed by atoms with Crippen LogP contribution in [0.2, 0.25) is 0 Å². The van der Waals surface area contributed by atoms with Crippen LogP contribution in [-0.4, -0.2) is 18.4 Å². The fraction of sp³-hybridized carbons (Fsp3) is 0.133. The lowest BCUT2D eigenvalue weighted by atomic mass is 10.0. The first kappa shape index (κ1) is 23.2. The number of hydrogen-bond donors (Lipinski definition) is 2. The van der Waals surface area contributed by atoms with Crippen LogP contribution in [0.1, 0.15) is 33.2 Å². The zero-order valence-corrected chi connectivity index (χ0v) is 20.2. The highest BCUT2D eigenvalue weighted by Gasteiger charge is 2.34. The highest BCUT2D eigenvalue weighted by molar-refractivity contribution is 6.12. The second-order valence-electron chi connectivity index (χ2n) is 8.78. The molecule has 1 heterocycles. The van der Waals surface area contributed by atoms with Gasteiger partial charge in [0.1, 0.15) is 11.9 Å². The zero-order valence-electron chi connectivity index (χ0n) is 20.2. The quantitative estimate of drug-likeness (QED) is 0.352. The van der Waals surface area contributed by atoms with Crippen molar-refractivity contribution in [3.05, 3.63) is 119 Å². The molecule has 0 bridgehead atoms. The van der Waals surface area contributed by atoms with E-state index in [0.29, 0.717) is 11.3 Å². The third-order valence-electron chi connectivity index (χ3n) is 6.25. The molecule has 180 valence electrons. The molecule has 1 aliphatic rings. The Balaban J connectivity index is 1.38. The summed E-state index contributed by atoms with van der Waals surface area (Å²) < 4.78 is 5.85. The van der Waals surface area contributed by atoms with Gasteiger partial charge in [-0.3, -0.25) is 14.5 Å². The molecule has 0 saturated carbocycles. The Morgan fingerprint density at radius 1 is 0.889 bits per heavy atom. The number of carbonyl (C=O) groups is 2. The molecule has 6 nitrogen and oxygen atoms in total. The standard InChI is InChI=1S/C30H27N3O3/c1-20-10-8-11-21(2)28(20)32-27(34)19-36-24-15-9-12-22(18-24)29-31-26-17-7-6-16-25(26)30(35)33(29)23-13-4-3-5-14-23/h3-18,29,31H,19H2,1-2H3,(H,32,34)/t29-/m1/s1. The molecule has 2 amide bonds. The highest BCUT2D eigenvalue weighted by Crippen LogP contribution is 2.37. The summed E-state index contributed by atoms with van der Waals surface area (Å²) in [6.45, 7) is 3.80. The molecule has 5 rings (SSSR count). The number of rotatable bonds is 6. The van der Waals surface area contributed by atoms with E-state index in [4.69, 9.17) is 4.74 Å². The molecule has 0 aliphatic carbocycles. The number of aryl methyl sites for hydroxylation is 2. The van der Waals surface area contributed by atoms with Crippen molar-refractivity contribution in [1.82, 2.24) is 0 Å². The number of hydrogen-bond acceptors (Lipinski definition) is 4. The van der Waals surface area contributed by atoms with E-state index in [0.717, 1.165) is 33.8 Å². The van der Waals surface area contributed by atoms with E-state index in [1.54, 1.807) is 11.0 Å². The van der Waals surface area contributed by atoms with Gasteiger partial charge in [-0.25, -0.2) is 0 Å². The van der Waals surface area contributed by atoms with Crippen molar-refractivity contribution in [3.63, 3.8) is 0 Å². The smallest absolute Gasteiger partial charge is 0.262 e. The Bertz CT molecular complexity index is 1400. The molecular weight excluding hydrogens is 450 g/mol. The number of ether oxygens (including phenoxy) is 1. The van der Waals surface area contributed by atoms with Gasteiger partial charge in [0.05, 0.1) is 5.56 Å². The maximum Gasteiger partial charge on any atom is 0.262 e. The van der Waals surface area contributed by atoms with E-state index < -0.39 is 6.17 Å². The summed E-state index contributed by atoms with van der Waals surface area (Å²) in [5, 5.41) is 6.44. The number of nitrogens with zero attached hydrogens (tertiary/aromatic N) is 1. The molecule has 6 heteroatoms. The normalized spacial score (nSPS) is 14.6. The predicted octanol–water partition coefficient (Wildman–Crippen LogP) is 6.09. The van der Waals surface area contributed by atoms with Crippen LogP contribution < -0.4 is 20.3 Å². The summed E-state index contributed by atoms with van der Waals surface area (Å²) in [4.78, 5) is 27.9. The molecule has 2 N–H and O–H groups in total. The Labute approximate surface area is 210 Å². The predicted molar refractivity (Wildman–Crippen MR) is 143 cm³/mol. The molecule has 4 aromatic rings. The minimum absolute atomic E-state index is 0.0835. The lowest BCUT2D eigenvalue weighted by molar-refractivity contribution is -0.118. The minimum atomic E-state index is -0.443. The summed E-state index contributed by atoms with van der Waals surface area (Å²) in [6, 6.07) is 30.4. The Hall–Kier alpha value is -4.58. The number of carbonyl (C=O) groups excluding carboxylic acids is 2. The van der Waals surface area contributed by atoms with Gasteiger partial charge in [0, 0.05) is 17.1 Å². The van der Waals surface area contributed by atoms with Gasteiger partial charge in [-0.2, -0.15) is 0 Å². The number of amides is 2. The third-order valence-corrected chi connectivity index (χ3v) is 6.25. The molecule has 0 fully saturated rings. The van der Waals surface area contributed by atoms with Crippen molar-refractivity contribution in [1.29, 1.82) is 0 Å². The van der Waals surface area contributed by atoms with Crippen molar-refractivity contribution < 1.29 is 14.3 Å². The summed E-state index contributed by atoms with van der Waals surface area (Å²) >= 11 is 0. The monoisotopic (exact) mass is 477 g/mol. The first-order valence-corrected chi connectivity index (χ1v) is 11.8. The molecule has 0 unspecified atom stereocenters.